The van der Waals surface area contributed by atoms with E-state index in [2.05, 4.69) is 10.1 Å². The Balaban J connectivity index is 2.29. The van der Waals surface area contributed by atoms with E-state index in [0.717, 1.165) is 12.3 Å². The van der Waals surface area contributed by atoms with Gasteiger partial charge in [-0.15, -0.1) is 5.16 Å². The van der Waals surface area contributed by atoms with Gasteiger partial charge in [-0.25, -0.2) is 4.98 Å². The first-order valence-corrected chi connectivity index (χ1v) is 5.94. The van der Waals surface area contributed by atoms with Crippen LogP contribution in [0.1, 0.15) is 12.0 Å². The number of amides is 1. The van der Waals surface area contributed by atoms with Gasteiger partial charge in [0.1, 0.15) is 0 Å². The van der Waals surface area contributed by atoms with Crippen LogP contribution in [0.5, 0.6) is 0 Å². The molecule has 1 saturated heterocycles. The molecule has 1 amide bonds. The third-order valence-corrected chi connectivity index (χ3v) is 3.18. The van der Waals surface area contributed by atoms with Gasteiger partial charge in [-0.05, 0) is 12.5 Å². The Morgan fingerprint density at radius 1 is 1.55 bits per heavy atom. The van der Waals surface area contributed by atoms with Gasteiger partial charge < -0.3 is 5.21 Å². The number of alkyl halides is 3. The topological polar surface area (TPSA) is 65.8 Å². The van der Waals surface area contributed by atoms with Crippen molar-refractivity contribution in [3.8, 4) is 0 Å². The van der Waals surface area contributed by atoms with E-state index in [4.69, 9.17) is 16.8 Å². The maximum atomic E-state index is 12.5. The lowest BCUT2D eigenvalue weighted by Crippen LogP contribution is -2.28. The Morgan fingerprint density at radius 3 is 2.80 bits per heavy atom. The second-order valence-corrected chi connectivity index (χ2v) is 4.58. The van der Waals surface area contributed by atoms with E-state index in [9.17, 15) is 18.0 Å². The average Bonchev–Trinajstić information content (AvgIpc) is 2.71. The zero-order chi connectivity index (χ0) is 14.9. The first-order chi connectivity index (χ1) is 9.34. The number of carbonyl (C=O) groups excluding carboxylic acids is 1. The molecule has 0 bridgehead atoms. The highest BCUT2D eigenvalue weighted by molar-refractivity contribution is 6.33. The molecule has 1 atom stereocenters. The maximum Gasteiger partial charge on any atom is 0.417 e. The molecule has 1 aromatic rings. The van der Waals surface area contributed by atoms with E-state index in [-0.39, 0.29) is 17.4 Å². The summed E-state index contributed by atoms with van der Waals surface area (Å²) in [6.07, 6.45) is -2.47. The molecule has 9 heteroatoms. The van der Waals surface area contributed by atoms with Crippen molar-refractivity contribution in [1.82, 2.24) is 4.98 Å². The van der Waals surface area contributed by atoms with Crippen molar-refractivity contribution in [2.45, 2.75) is 12.6 Å². The third-order valence-electron chi connectivity index (χ3n) is 2.90. The molecule has 2 heterocycles. The quantitative estimate of drug-likeness (QED) is 0.519. The van der Waals surface area contributed by atoms with E-state index in [1.165, 1.54) is 4.90 Å². The number of rotatable bonds is 2. The summed E-state index contributed by atoms with van der Waals surface area (Å²) in [4.78, 5) is 16.7. The van der Waals surface area contributed by atoms with Crippen LogP contribution >= 0.6 is 11.6 Å². The SMILES string of the molecule is O=C1C(C=NO)CCN1c1ncc(C(F)(F)F)cc1Cl. The van der Waals surface area contributed by atoms with E-state index >= 15 is 0 Å². The highest BCUT2D eigenvalue weighted by atomic mass is 35.5. The molecular weight excluding hydrogens is 299 g/mol. The highest BCUT2D eigenvalue weighted by Gasteiger charge is 2.36. The van der Waals surface area contributed by atoms with Crippen molar-refractivity contribution in [3.05, 3.63) is 22.8 Å². The van der Waals surface area contributed by atoms with Gasteiger partial charge in [0, 0.05) is 12.7 Å². The van der Waals surface area contributed by atoms with Gasteiger partial charge >= 0.3 is 6.18 Å². The lowest BCUT2D eigenvalue weighted by molar-refractivity contribution is -0.137. The summed E-state index contributed by atoms with van der Waals surface area (Å²) in [5.74, 6) is -1.07. The fourth-order valence-electron chi connectivity index (χ4n) is 1.92. The monoisotopic (exact) mass is 307 g/mol. The molecule has 1 aliphatic heterocycles. The van der Waals surface area contributed by atoms with Crippen LogP contribution in [0.15, 0.2) is 17.4 Å². The predicted octanol–water partition coefficient (Wildman–Crippen LogP) is 2.57. The Kier molecular flexibility index (Phi) is 3.85. The fourth-order valence-corrected chi connectivity index (χ4v) is 2.18. The zero-order valence-electron chi connectivity index (χ0n) is 9.93. The normalized spacial score (nSPS) is 20.1. The molecule has 20 heavy (non-hydrogen) atoms. The third kappa shape index (κ3) is 2.69. The van der Waals surface area contributed by atoms with Gasteiger partial charge in [0.2, 0.25) is 5.91 Å². The van der Waals surface area contributed by atoms with Gasteiger partial charge in [0.15, 0.2) is 5.82 Å². The van der Waals surface area contributed by atoms with Crippen LogP contribution in [-0.4, -0.2) is 28.9 Å². The van der Waals surface area contributed by atoms with Crippen LogP contribution in [0.4, 0.5) is 19.0 Å². The molecule has 1 N–H and O–H groups in total. The molecule has 0 spiro atoms. The van der Waals surface area contributed by atoms with Gasteiger partial charge in [0.05, 0.1) is 22.7 Å². The molecule has 0 aromatic carbocycles. The van der Waals surface area contributed by atoms with Crippen molar-refractivity contribution in [3.63, 3.8) is 0 Å². The number of nitrogens with zero attached hydrogens (tertiary/aromatic N) is 3. The predicted molar refractivity (Wildman–Crippen MR) is 65.0 cm³/mol. The summed E-state index contributed by atoms with van der Waals surface area (Å²) < 4.78 is 37.5. The summed E-state index contributed by atoms with van der Waals surface area (Å²) in [5.41, 5.74) is -0.980. The minimum atomic E-state index is -4.55. The lowest BCUT2D eigenvalue weighted by atomic mass is 10.1. The molecule has 1 aromatic heterocycles. The summed E-state index contributed by atoms with van der Waals surface area (Å²) in [5, 5.41) is 10.9. The van der Waals surface area contributed by atoms with Gasteiger partial charge in [-0.3, -0.25) is 9.69 Å². The standard InChI is InChI=1S/C11H9ClF3N3O2/c12-8-3-7(11(13,14)15)5-16-9(8)18-2-1-6(4-17-20)10(18)19/h3-6,20H,1-2H2. The van der Waals surface area contributed by atoms with Crippen molar-refractivity contribution in [2.75, 3.05) is 11.4 Å². The van der Waals surface area contributed by atoms with Crippen molar-refractivity contribution in [2.24, 2.45) is 11.1 Å². The Labute approximate surface area is 116 Å². The number of carbonyl (C=O) groups is 1. The van der Waals surface area contributed by atoms with E-state index in [1.807, 2.05) is 0 Å². The minimum absolute atomic E-state index is 0.0292. The molecule has 1 unspecified atom stereocenters. The molecule has 0 aliphatic carbocycles. The van der Waals surface area contributed by atoms with Crippen molar-refractivity contribution in [1.29, 1.82) is 0 Å². The molecular formula is C11H9ClF3N3O2. The van der Waals surface area contributed by atoms with Gasteiger partial charge in [-0.2, -0.15) is 13.2 Å². The second-order valence-electron chi connectivity index (χ2n) is 4.18. The number of aromatic nitrogens is 1. The lowest BCUT2D eigenvalue weighted by Gasteiger charge is -2.17. The first-order valence-electron chi connectivity index (χ1n) is 5.56. The average molecular weight is 308 g/mol. The Morgan fingerprint density at radius 2 is 2.25 bits per heavy atom. The minimum Gasteiger partial charge on any atom is -0.411 e. The number of pyridine rings is 1. The summed E-state index contributed by atoms with van der Waals surface area (Å²) in [7, 11) is 0. The summed E-state index contributed by atoms with van der Waals surface area (Å²) >= 11 is 5.77. The fraction of sp³-hybridized carbons (Fsp3) is 0.364. The van der Waals surface area contributed by atoms with E-state index in [1.54, 1.807) is 0 Å². The van der Waals surface area contributed by atoms with Crippen LogP contribution < -0.4 is 4.90 Å². The number of anilines is 1. The van der Waals surface area contributed by atoms with Gasteiger partial charge in [0.25, 0.3) is 0 Å². The molecule has 108 valence electrons. The smallest absolute Gasteiger partial charge is 0.411 e. The van der Waals surface area contributed by atoms with Crippen LogP contribution in [-0.2, 0) is 11.0 Å². The zero-order valence-corrected chi connectivity index (χ0v) is 10.7. The van der Waals surface area contributed by atoms with Crippen LogP contribution in [0.2, 0.25) is 5.02 Å². The number of halogens is 4. The molecule has 0 saturated carbocycles. The van der Waals surface area contributed by atoms with Gasteiger partial charge in [-0.1, -0.05) is 11.6 Å². The summed E-state index contributed by atoms with van der Waals surface area (Å²) in [6.45, 7) is 0.244. The molecule has 1 fully saturated rings. The number of oxime groups is 1. The first kappa shape index (κ1) is 14.6. The van der Waals surface area contributed by atoms with Crippen molar-refractivity contribution >= 4 is 29.5 Å². The van der Waals surface area contributed by atoms with Crippen LogP contribution in [0.25, 0.3) is 0 Å². The van der Waals surface area contributed by atoms with Crippen LogP contribution in [0.3, 0.4) is 0 Å². The molecule has 0 radical (unpaired) electrons. The molecule has 2 rings (SSSR count). The Hall–Kier alpha value is -1.83. The van der Waals surface area contributed by atoms with E-state index < -0.39 is 23.6 Å². The number of hydrogen-bond acceptors (Lipinski definition) is 4. The molecule has 5 nitrogen and oxygen atoms in total. The van der Waals surface area contributed by atoms with Crippen molar-refractivity contribution < 1.29 is 23.2 Å². The summed E-state index contributed by atoms with van der Waals surface area (Å²) in [6, 6.07) is 0.727. The number of hydrogen-bond donors (Lipinski definition) is 1. The largest absolute Gasteiger partial charge is 0.417 e. The second kappa shape index (κ2) is 5.28. The van der Waals surface area contributed by atoms with Crippen LogP contribution in [0, 0.1) is 5.92 Å². The maximum absolute atomic E-state index is 12.5. The highest BCUT2D eigenvalue weighted by Crippen LogP contribution is 2.35. The Bertz CT molecular complexity index is 562. The molecule has 1 aliphatic rings. The van der Waals surface area contributed by atoms with E-state index in [0.29, 0.717) is 12.6 Å².